The molecule has 1 amide bonds. The molecule has 2 heterocycles. The van der Waals surface area contributed by atoms with Gasteiger partial charge in [-0.3, -0.25) is 9.69 Å². The van der Waals surface area contributed by atoms with Gasteiger partial charge in [-0.05, 0) is 52.0 Å². The highest BCUT2D eigenvalue weighted by Crippen LogP contribution is 2.29. The van der Waals surface area contributed by atoms with Crippen molar-refractivity contribution in [3.8, 4) is 0 Å². The van der Waals surface area contributed by atoms with E-state index in [-0.39, 0.29) is 5.91 Å². The van der Waals surface area contributed by atoms with E-state index in [0.717, 1.165) is 12.8 Å². The summed E-state index contributed by atoms with van der Waals surface area (Å²) in [5.74, 6) is 0.242. The van der Waals surface area contributed by atoms with E-state index in [2.05, 4.69) is 23.3 Å². The van der Waals surface area contributed by atoms with Crippen molar-refractivity contribution in [1.82, 2.24) is 15.1 Å². The van der Waals surface area contributed by atoms with Crippen LogP contribution in [0.1, 0.15) is 44.9 Å². The first-order valence-corrected chi connectivity index (χ1v) is 8.05. The van der Waals surface area contributed by atoms with Gasteiger partial charge in [-0.15, -0.1) is 0 Å². The van der Waals surface area contributed by atoms with Crippen molar-refractivity contribution in [3.63, 3.8) is 0 Å². The molecule has 20 heavy (non-hydrogen) atoms. The number of amides is 1. The lowest BCUT2D eigenvalue weighted by Crippen LogP contribution is -2.49. The van der Waals surface area contributed by atoms with Crippen LogP contribution in [0.5, 0.6) is 0 Å². The topological polar surface area (TPSA) is 35.6 Å². The summed E-state index contributed by atoms with van der Waals surface area (Å²) in [6.45, 7) is 0.554. The average molecular weight is 277 g/mol. The predicted molar refractivity (Wildman–Crippen MR) is 80.3 cm³/mol. The first-order valence-electron chi connectivity index (χ1n) is 8.05. The number of nitrogens with zero attached hydrogens (tertiary/aromatic N) is 2. The smallest absolute Gasteiger partial charge is 0.240 e. The highest BCUT2D eigenvalue weighted by atomic mass is 16.2. The molecule has 2 atom stereocenters. The number of carbonyl (C=O) groups excluding carboxylic acids is 1. The lowest BCUT2D eigenvalue weighted by atomic mass is 9.98. The van der Waals surface area contributed by atoms with E-state index < -0.39 is 0 Å². The fourth-order valence-corrected chi connectivity index (χ4v) is 3.95. The summed E-state index contributed by atoms with van der Waals surface area (Å²) in [6, 6.07) is 1.95. The lowest BCUT2D eigenvalue weighted by molar-refractivity contribution is -0.129. The minimum Gasteiger partial charge on any atom is -0.318 e. The SMILES string of the molecule is CN(C(=O)CN(C)C1CC2CCC(C1)N2)C1=CCCC1. The molecule has 2 unspecified atom stereocenters. The Labute approximate surface area is 122 Å². The summed E-state index contributed by atoms with van der Waals surface area (Å²) >= 11 is 0. The van der Waals surface area contributed by atoms with E-state index in [0.29, 0.717) is 24.7 Å². The van der Waals surface area contributed by atoms with Crippen molar-refractivity contribution >= 4 is 5.91 Å². The van der Waals surface area contributed by atoms with Gasteiger partial charge in [-0.1, -0.05) is 6.08 Å². The second kappa shape index (κ2) is 5.86. The molecule has 0 radical (unpaired) electrons. The largest absolute Gasteiger partial charge is 0.318 e. The second-order valence-corrected chi connectivity index (χ2v) is 6.72. The number of piperidine rings is 1. The summed E-state index contributed by atoms with van der Waals surface area (Å²) in [5, 5.41) is 3.66. The fraction of sp³-hybridized carbons (Fsp3) is 0.812. The molecular weight excluding hydrogens is 250 g/mol. The number of allylic oxidation sites excluding steroid dienone is 2. The molecule has 4 nitrogen and oxygen atoms in total. The van der Waals surface area contributed by atoms with Crippen LogP contribution in [0.2, 0.25) is 0 Å². The van der Waals surface area contributed by atoms with Gasteiger partial charge in [0.15, 0.2) is 0 Å². The van der Waals surface area contributed by atoms with Gasteiger partial charge in [0.2, 0.25) is 5.91 Å². The molecular formula is C16H27N3O. The molecule has 4 heteroatoms. The van der Waals surface area contributed by atoms with Crippen LogP contribution in [0.3, 0.4) is 0 Å². The summed E-state index contributed by atoms with van der Waals surface area (Å²) in [4.78, 5) is 16.5. The molecule has 0 aromatic heterocycles. The Morgan fingerprint density at radius 1 is 1.30 bits per heavy atom. The predicted octanol–water partition coefficient (Wildman–Crippen LogP) is 1.73. The number of fused-ring (bicyclic) bond motifs is 2. The maximum absolute atomic E-state index is 12.4. The minimum atomic E-state index is 0.242. The molecule has 112 valence electrons. The Morgan fingerprint density at radius 3 is 2.60 bits per heavy atom. The van der Waals surface area contributed by atoms with Crippen LogP contribution in [0.15, 0.2) is 11.8 Å². The fourth-order valence-electron chi connectivity index (χ4n) is 3.95. The maximum atomic E-state index is 12.4. The van der Waals surface area contributed by atoms with Gasteiger partial charge < -0.3 is 10.2 Å². The molecule has 0 spiro atoms. The van der Waals surface area contributed by atoms with Crippen molar-refractivity contribution in [1.29, 1.82) is 0 Å². The summed E-state index contributed by atoms with van der Waals surface area (Å²) in [6.07, 6.45) is 10.6. The van der Waals surface area contributed by atoms with E-state index in [4.69, 9.17) is 0 Å². The van der Waals surface area contributed by atoms with Crippen LogP contribution in [-0.2, 0) is 4.79 Å². The van der Waals surface area contributed by atoms with Crippen LogP contribution < -0.4 is 5.32 Å². The molecule has 0 aromatic carbocycles. The van der Waals surface area contributed by atoms with Gasteiger partial charge in [0.25, 0.3) is 0 Å². The van der Waals surface area contributed by atoms with E-state index in [1.165, 1.54) is 37.8 Å². The Balaban J connectivity index is 1.53. The molecule has 0 saturated carbocycles. The van der Waals surface area contributed by atoms with E-state index in [1.807, 2.05) is 11.9 Å². The number of hydrogen-bond acceptors (Lipinski definition) is 3. The van der Waals surface area contributed by atoms with Gasteiger partial charge in [-0.2, -0.15) is 0 Å². The second-order valence-electron chi connectivity index (χ2n) is 6.72. The number of nitrogens with one attached hydrogen (secondary N) is 1. The average Bonchev–Trinajstić information content (AvgIpc) is 3.07. The van der Waals surface area contributed by atoms with Crippen LogP contribution in [-0.4, -0.2) is 54.5 Å². The van der Waals surface area contributed by atoms with Crippen LogP contribution in [0.25, 0.3) is 0 Å². The Bertz CT molecular complexity index is 395. The number of carbonyl (C=O) groups is 1. The van der Waals surface area contributed by atoms with Crippen LogP contribution in [0.4, 0.5) is 0 Å². The normalized spacial score (nSPS) is 32.5. The van der Waals surface area contributed by atoms with Gasteiger partial charge in [0.1, 0.15) is 0 Å². The molecule has 2 saturated heterocycles. The van der Waals surface area contributed by atoms with E-state index >= 15 is 0 Å². The monoisotopic (exact) mass is 277 g/mol. The van der Waals surface area contributed by atoms with Crippen molar-refractivity contribution in [2.24, 2.45) is 0 Å². The van der Waals surface area contributed by atoms with Gasteiger partial charge in [0, 0.05) is 30.9 Å². The highest BCUT2D eigenvalue weighted by Gasteiger charge is 2.35. The van der Waals surface area contributed by atoms with Crippen molar-refractivity contribution < 1.29 is 4.79 Å². The van der Waals surface area contributed by atoms with Crippen LogP contribution in [0, 0.1) is 0 Å². The van der Waals surface area contributed by atoms with Crippen molar-refractivity contribution in [3.05, 3.63) is 11.8 Å². The first-order chi connectivity index (χ1) is 9.63. The van der Waals surface area contributed by atoms with E-state index in [9.17, 15) is 4.79 Å². The Kier molecular flexibility index (Phi) is 4.13. The summed E-state index contributed by atoms with van der Waals surface area (Å²) in [5.41, 5.74) is 1.22. The minimum absolute atomic E-state index is 0.242. The maximum Gasteiger partial charge on any atom is 0.240 e. The third-order valence-electron chi connectivity index (χ3n) is 5.28. The molecule has 1 N–H and O–H groups in total. The molecule has 1 aliphatic carbocycles. The zero-order valence-corrected chi connectivity index (χ0v) is 12.8. The summed E-state index contributed by atoms with van der Waals surface area (Å²) in [7, 11) is 4.05. The lowest BCUT2D eigenvalue weighted by Gasteiger charge is -2.36. The summed E-state index contributed by atoms with van der Waals surface area (Å²) < 4.78 is 0. The third kappa shape index (κ3) is 2.91. The quantitative estimate of drug-likeness (QED) is 0.850. The molecule has 0 aromatic rings. The molecule has 2 bridgehead atoms. The zero-order valence-electron chi connectivity index (χ0n) is 12.8. The van der Waals surface area contributed by atoms with Crippen molar-refractivity contribution in [2.45, 2.75) is 63.1 Å². The molecule has 3 rings (SSSR count). The molecule has 2 fully saturated rings. The van der Waals surface area contributed by atoms with Crippen molar-refractivity contribution in [2.75, 3.05) is 20.6 Å². The number of hydrogen-bond donors (Lipinski definition) is 1. The Morgan fingerprint density at radius 2 is 2.00 bits per heavy atom. The first kappa shape index (κ1) is 14.1. The van der Waals surface area contributed by atoms with Gasteiger partial charge >= 0.3 is 0 Å². The number of rotatable bonds is 4. The Hall–Kier alpha value is -0.870. The van der Waals surface area contributed by atoms with Crippen LogP contribution >= 0.6 is 0 Å². The molecule has 2 aliphatic heterocycles. The third-order valence-corrected chi connectivity index (χ3v) is 5.28. The number of likely N-dealkylation sites (N-methyl/N-ethyl adjacent to an activating group) is 2. The highest BCUT2D eigenvalue weighted by molar-refractivity contribution is 5.79. The van der Waals surface area contributed by atoms with Gasteiger partial charge in [-0.25, -0.2) is 0 Å². The zero-order chi connectivity index (χ0) is 14.1. The molecule has 3 aliphatic rings. The van der Waals surface area contributed by atoms with Gasteiger partial charge in [0.05, 0.1) is 6.54 Å². The van der Waals surface area contributed by atoms with E-state index in [1.54, 1.807) is 0 Å². The standard InChI is InChI=1S/C16H27N3O/c1-18(15-9-12-7-8-13(10-15)17-12)11-16(20)19(2)14-5-3-4-6-14/h5,12-13,15,17H,3-4,6-11H2,1-2H3.